The van der Waals surface area contributed by atoms with Crippen LogP contribution in [0.2, 0.25) is 0 Å². The van der Waals surface area contributed by atoms with E-state index >= 15 is 0 Å². The summed E-state index contributed by atoms with van der Waals surface area (Å²) in [6, 6.07) is 7.53. The Hall–Kier alpha value is -1.42. The number of benzene rings is 1. The fourth-order valence-electron chi connectivity index (χ4n) is 2.57. The lowest BCUT2D eigenvalue weighted by Crippen LogP contribution is -2.21. The molecule has 0 radical (unpaired) electrons. The summed E-state index contributed by atoms with van der Waals surface area (Å²) in [5.74, 6) is 1.54. The Labute approximate surface area is 240 Å². The Bertz CT molecular complexity index is 549. The van der Waals surface area contributed by atoms with Gasteiger partial charge in [0, 0.05) is 33.0 Å². The number of hydrogen-bond donors (Lipinski definition) is 0. The third-order valence-corrected chi connectivity index (χ3v) is 4.48. The van der Waals surface area contributed by atoms with Crippen molar-refractivity contribution in [2.45, 2.75) is 86.9 Å². The van der Waals surface area contributed by atoms with E-state index in [-0.39, 0.29) is 11.7 Å². The van der Waals surface area contributed by atoms with Crippen LogP contribution >= 0.6 is 0 Å². The van der Waals surface area contributed by atoms with E-state index in [4.69, 9.17) is 37.9 Å². The Morgan fingerprint density at radius 2 is 1.13 bits per heavy atom. The number of methoxy groups -OCH3 is 2. The van der Waals surface area contributed by atoms with Crippen LogP contribution in [0.3, 0.4) is 0 Å². The fourth-order valence-corrected chi connectivity index (χ4v) is 2.57. The monoisotopic (exact) mass is 562 g/mol. The van der Waals surface area contributed by atoms with Gasteiger partial charge >= 0.3 is 0 Å². The van der Waals surface area contributed by atoms with Gasteiger partial charge < -0.3 is 37.9 Å². The van der Waals surface area contributed by atoms with Gasteiger partial charge in [-0.1, -0.05) is 25.5 Å². The van der Waals surface area contributed by atoms with Crippen molar-refractivity contribution in [3.63, 3.8) is 0 Å². The van der Waals surface area contributed by atoms with E-state index in [1.165, 1.54) is 6.42 Å². The van der Waals surface area contributed by atoms with Crippen molar-refractivity contribution in [3.05, 3.63) is 24.3 Å². The van der Waals surface area contributed by atoms with Crippen LogP contribution in [-0.4, -0.2) is 92.0 Å². The predicted molar refractivity (Wildman–Crippen MR) is 162 cm³/mol. The van der Waals surface area contributed by atoms with Crippen molar-refractivity contribution in [1.82, 2.24) is 0 Å². The van der Waals surface area contributed by atoms with Gasteiger partial charge in [-0.05, 0) is 73.9 Å². The van der Waals surface area contributed by atoms with E-state index in [1.54, 1.807) is 14.2 Å². The van der Waals surface area contributed by atoms with Crippen molar-refractivity contribution >= 4 is 0 Å². The van der Waals surface area contributed by atoms with E-state index in [1.807, 2.05) is 58.9 Å². The zero-order valence-corrected chi connectivity index (χ0v) is 27.1. The van der Waals surface area contributed by atoms with Gasteiger partial charge in [0.1, 0.15) is 0 Å². The van der Waals surface area contributed by atoms with Gasteiger partial charge in [0.15, 0.2) is 11.5 Å². The SMILES string of the molecule is CCCCOCCOC(C)(C)C.CCOCC(C)OCC.CCOCCOCC.COc1ccccc1OC. The van der Waals surface area contributed by atoms with Gasteiger partial charge in [-0.2, -0.15) is 0 Å². The van der Waals surface area contributed by atoms with E-state index in [9.17, 15) is 0 Å². The largest absolute Gasteiger partial charge is 0.493 e. The Morgan fingerprint density at radius 1 is 0.641 bits per heavy atom. The molecule has 8 nitrogen and oxygen atoms in total. The molecule has 1 atom stereocenters. The molecule has 0 heterocycles. The zero-order valence-electron chi connectivity index (χ0n) is 27.1. The maximum absolute atomic E-state index is 5.48. The zero-order chi connectivity index (χ0) is 30.2. The molecule has 0 aliphatic rings. The molecule has 0 aliphatic carbocycles. The standard InChI is InChI=1S/C10H22O2.C8H10O2.C7H16O2.C6H14O2/c1-5-6-7-11-8-9-12-10(2,3)4;1-9-7-5-3-4-6-8(7)10-2;1-4-8-6-7(3)9-5-2;1-3-7-5-6-8-4-2/h5-9H2,1-4H3;3-6H,1-2H3;7H,4-6H2,1-3H3;3-6H2,1-2H3. The minimum absolute atomic E-state index is 0.0336. The first kappa shape index (κ1) is 42.1. The quantitative estimate of drug-likeness (QED) is 0.180. The molecule has 1 rings (SSSR count). The highest BCUT2D eigenvalue weighted by Gasteiger charge is 2.08. The minimum atomic E-state index is -0.0336. The van der Waals surface area contributed by atoms with Gasteiger partial charge in [0.2, 0.25) is 0 Å². The van der Waals surface area contributed by atoms with E-state index in [2.05, 4.69) is 27.7 Å². The van der Waals surface area contributed by atoms with Gasteiger partial charge in [-0.15, -0.1) is 0 Å². The van der Waals surface area contributed by atoms with Gasteiger partial charge in [0.05, 0.1) is 59.0 Å². The summed E-state index contributed by atoms with van der Waals surface area (Å²) in [5, 5.41) is 0. The van der Waals surface area contributed by atoms with Crippen LogP contribution in [0.5, 0.6) is 11.5 Å². The molecule has 234 valence electrons. The number of rotatable bonds is 18. The normalized spacial score (nSPS) is 11.2. The molecule has 0 saturated carbocycles. The van der Waals surface area contributed by atoms with Crippen LogP contribution in [0.4, 0.5) is 0 Å². The van der Waals surface area contributed by atoms with Crippen LogP contribution in [0.15, 0.2) is 24.3 Å². The molecular formula is C31H62O8. The van der Waals surface area contributed by atoms with Crippen LogP contribution in [0.25, 0.3) is 0 Å². The van der Waals surface area contributed by atoms with Crippen molar-refractivity contribution < 1.29 is 37.9 Å². The molecule has 1 aromatic rings. The molecule has 1 unspecified atom stereocenters. The molecule has 0 fully saturated rings. The van der Waals surface area contributed by atoms with Crippen molar-refractivity contribution in [1.29, 1.82) is 0 Å². The molecule has 8 heteroatoms. The second-order valence-electron chi connectivity index (χ2n) is 9.10. The second kappa shape index (κ2) is 32.8. The van der Waals surface area contributed by atoms with Crippen LogP contribution < -0.4 is 9.47 Å². The predicted octanol–water partition coefficient (Wildman–Crippen LogP) is 6.83. The summed E-state index contributed by atoms with van der Waals surface area (Å²) in [4.78, 5) is 0. The number of unbranched alkanes of at least 4 members (excludes halogenated alkanes) is 1. The summed E-state index contributed by atoms with van der Waals surface area (Å²) in [7, 11) is 3.25. The lowest BCUT2D eigenvalue weighted by Gasteiger charge is -2.19. The highest BCUT2D eigenvalue weighted by molar-refractivity contribution is 5.39. The fraction of sp³-hybridized carbons (Fsp3) is 0.806. The highest BCUT2D eigenvalue weighted by Crippen LogP contribution is 2.24. The van der Waals surface area contributed by atoms with Crippen LogP contribution in [0, 0.1) is 0 Å². The first-order chi connectivity index (χ1) is 18.7. The molecule has 0 aromatic heterocycles. The topological polar surface area (TPSA) is 73.8 Å². The first-order valence-electron chi connectivity index (χ1n) is 14.4. The molecule has 0 saturated heterocycles. The van der Waals surface area contributed by atoms with E-state index in [0.717, 1.165) is 70.8 Å². The molecule has 0 bridgehead atoms. The third-order valence-electron chi connectivity index (χ3n) is 4.48. The average molecular weight is 563 g/mol. The van der Waals surface area contributed by atoms with Crippen LogP contribution in [0.1, 0.15) is 75.2 Å². The van der Waals surface area contributed by atoms with E-state index in [0.29, 0.717) is 13.2 Å². The van der Waals surface area contributed by atoms with Crippen LogP contribution in [-0.2, 0) is 28.4 Å². The van der Waals surface area contributed by atoms with Crippen molar-refractivity contribution in [2.75, 3.05) is 80.3 Å². The minimum Gasteiger partial charge on any atom is -0.493 e. The number of ether oxygens (including phenoxy) is 8. The summed E-state index contributed by atoms with van der Waals surface area (Å²) in [6.45, 7) is 25.8. The molecule has 0 aliphatic heterocycles. The lowest BCUT2D eigenvalue weighted by molar-refractivity contribution is -0.0350. The summed E-state index contributed by atoms with van der Waals surface area (Å²) in [6.07, 6.45) is 2.59. The molecule has 0 spiro atoms. The Morgan fingerprint density at radius 3 is 1.51 bits per heavy atom. The summed E-state index contributed by atoms with van der Waals surface area (Å²) >= 11 is 0. The average Bonchev–Trinajstić information content (AvgIpc) is 2.92. The molecule has 39 heavy (non-hydrogen) atoms. The molecule has 0 N–H and O–H groups in total. The first-order valence-corrected chi connectivity index (χ1v) is 14.4. The van der Waals surface area contributed by atoms with Gasteiger partial charge in [0.25, 0.3) is 0 Å². The Balaban J connectivity index is -0.000000448. The van der Waals surface area contributed by atoms with Gasteiger partial charge in [-0.25, -0.2) is 0 Å². The number of hydrogen-bond acceptors (Lipinski definition) is 8. The summed E-state index contributed by atoms with van der Waals surface area (Å²) < 4.78 is 41.2. The summed E-state index contributed by atoms with van der Waals surface area (Å²) in [5.41, 5.74) is -0.0336. The Kier molecular flexibility index (Phi) is 35.4. The highest BCUT2D eigenvalue weighted by atomic mass is 16.5. The van der Waals surface area contributed by atoms with Crippen molar-refractivity contribution in [3.8, 4) is 11.5 Å². The molecule has 0 amide bonds. The second-order valence-corrected chi connectivity index (χ2v) is 9.10. The maximum atomic E-state index is 5.48. The molecule has 1 aromatic carbocycles. The maximum Gasteiger partial charge on any atom is 0.160 e. The van der Waals surface area contributed by atoms with Crippen molar-refractivity contribution in [2.24, 2.45) is 0 Å². The van der Waals surface area contributed by atoms with E-state index < -0.39 is 0 Å². The smallest absolute Gasteiger partial charge is 0.160 e. The molecular weight excluding hydrogens is 500 g/mol. The third kappa shape index (κ3) is 36.6. The lowest BCUT2D eigenvalue weighted by atomic mass is 10.2. The number of para-hydroxylation sites is 2. The van der Waals surface area contributed by atoms with Gasteiger partial charge in [-0.3, -0.25) is 0 Å².